The number of rotatable bonds is 6. The second kappa shape index (κ2) is 7.75. The van der Waals surface area contributed by atoms with Gasteiger partial charge in [-0.05, 0) is 36.2 Å². The van der Waals surface area contributed by atoms with Crippen molar-refractivity contribution in [3.05, 3.63) is 69.8 Å². The summed E-state index contributed by atoms with van der Waals surface area (Å²) in [7, 11) is 0. The highest BCUT2D eigenvalue weighted by atomic mass is 35.5. The number of nitrogens with zero attached hydrogens (tertiary/aromatic N) is 4. The van der Waals surface area contributed by atoms with E-state index in [1.54, 1.807) is 12.1 Å². The fraction of sp³-hybridized carbons (Fsp3) is 0.118. The first-order chi connectivity index (χ1) is 12.6. The normalized spacial score (nSPS) is 10.4. The molecule has 0 spiro atoms. The molecule has 0 unspecified atom stereocenters. The Bertz CT molecular complexity index is 933. The first kappa shape index (κ1) is 17.6. The third kappa shape index (κ3) is 3.86. The Morgan fingerprint density at radius 3 is 2.38 bits per heavy atom. The quantitative estimate of drug-likeness (QED) is 0.374. The summed E-state index contributed by atoms with van der Waals surface area (Å²) in [5.74, 6) is 0.101. The predicted molar refractivity (Wildman–Crippen MR) is 100 cm³/mol. The lowest BCUT2D eigenvalue weighted by Crippen LogP contribution is -2.06. The number of pyridine rings is 1. The van der Waals surface area contributed by atoms with Crippen molar-refractivity contribution in [1.82, 2.24) is 15.0 Å². The van der Waals surface area contributed by atoms with Gasteiger partial charge in [0.05, 0.1) is 10.6 Å². The highest BCUT2D eigenvalue weighted by molar-refractivity contribution is 6.32. The molecule has 0 aliphatic heterocycles. The second-order valence-corrected chi connectivity index (χ2v) is 5.68. The Morgan fingerprint density at radius 1 is 1.08 bits per heavy atom. The number of aromatic nitrogens is 3. The van der Waals surface area contributed by atoms with Crippen LogP contribution in [0, 0.1) is 10.1 Å². The fourth-order valence-electron chi connectivity index (χ4n) is 2.30. The van der Waals surface area contributed by atoms with Crippen molar-refractivity contribution in [2.45, 2.75) is 13.3 Å². The van der Waals surface area contributed by atoms with Crippen molar-refractivity contribution in [2.24, 2.45) is 0 Å². The second-order valence-electron chi connectivity index (χ2n) is 5.32. The number of halogens is 1. The Morgan fingerprint density at radius 2 is 1.77 bits per heavy atom. The van der Waals surface area contributed by atoms with Gasteiger partial charge in [0, 0.05) is 11.9 Å². The van der Waals surface area contributed by atoms with Gasteiger partial charge in [-0.3, -0.25) is 10.1 Å². The molecule has 0 amide bonds. The van der Waals surface area contributed by atoms with E-state index in [0.29, 0.717) is 11.4 Å². The summed E-state index contributed by atoms with van der Waals surface area (Å²) in [6.45, 7) is 2.05. The first-order valence-corrected chi connectivity index (χ1v) is 8.19. The zero-order chi connectivity index (χ0) is 18.5. The van der Waals surface area contributed by atoms with Crippen molar-refractivity contribution in [3.63, 3.8) is 0 Å². The Labute approximate surface area is 154 Å². The molecule has 132 valence electrons. The summed E-state index contributed by atoms with van der Waals surface area (Å²) in [5, 5.41) is 17.6. The number of benzene rings is 1. The number of anilines is 4. The maximum absolute atomic E-state index is 11.6. The zero-order valence-corrected chi connectivity index (χ0v) is 14.6. The standard InChI is InChI=1S/C17H15ClN6O2/c1-2-11-5-7-12(8-6-11)22-16-14(24(25)26)17(21-10-20-16)23-13-4-3-9-19-15(13)18/h3-10H,2H2,1H3,(H2,20,21,22,23). The van der Waals surface area contributed by atoms with Crippen LogP contribution in [0.4, 0.5) is 28.7 Å². The highest BCUT2D eigenvalue weighted by Crippen LogP contribution is 2.34. The van der Waals surface area contributed by atoms with Crippen molar-refractivity contribution in [2.75, 3.05) is 10.6 Å². The molecule has 9 heteroatoms. The first-order valence-electron chi connectivity index (χ1n) is 7.81. The number of nitrogens with one attached hydrogen (secondary N) is 2. The number of hydrogen-bond acceptors (Lipinski definition) is 7. The molecule has 0 aliphatic rings. The summed E-state index contributed by atoms with van der Waals surface area (Å²) < 4.78 is 0. The minimum atomic E-state index is -0.546. The highest BCUT2D eigenvalue weighted by Gasteiger charge is 2.24. The van der Waals surface area contributed by atoms with Crippen LogP contribution in [0.15, 0.2) is 48.9 Å². The lowest BCUT2D eigenvalue weighted by molar-refractivity contribution is -0.383. The van der Waals surface area contributed by atoms with Crippen LogP contribution in [0.25, 0.3) is 0 Å². The molecule has 0 saturated carbocycles. The van der Waals surface area contributed by atoms with E-state index < -0.39 is 4.92 Å². The summed E-state index contributed by atoms with van der Waals surface area (Å²) in [6.07, 6.45) is 3.67. The maximum atomic E-state index is 11.6. The van der Waals surface area contributed by atoms with E-state index in [1.807, 2.05) is 24.3 Å². The van der Waals surface area contributed by atoms with Crippen molar-refractivity contribution in [1.29, 1.82) is 0 Å². The number of aryl methyl sites for hydroxylation is 1. The van der Waals surface area contributed by atoms with Gasteiger partial charge in [0.2, 0.25) is 11.6 Å². The van der Waals surface area contributed by atoms with Gasteiger partial charge >= 0.3 is 5.69 Å². The van der Waals surface area contributed by atoms with Gasteiger partial charge in [0.25, 0.3) is 0 Å². The molecule has 8 nitrogen and oxygen atoms in total. The maximum Gasteiger partial charge on any atom is 0.353 e. The van der Waals surface area contributed by atoms with E-state index in [2.05, 4.69) is 32.5 Å². The van der Waals surface area contributed by atoms with E-state index in [1.165, 1.54) is 18.1 Å². The molecule has 1 aromatic carbocycles. The number of nitro groups is 1. The average molecular weight is 371 g/mol. The molecule has 2 aromatic heterocycles. The molecule has 26 heavy (non-hydrogen) atoms. The van der Waals surface area contributed by atoms with Crippen LogP contribution in [0.3, 0.4) is 0 Å². The van der Waals surface area contributed by atoms with Gasteiger partial charge in [-0.1, -0.05) is 30.7 Å². The molecule has 0 fully saturated rings. The van der Waals surface area contributed by atoms with Gasteiger partial charge in [0.1, 0.15) is 6.33 Å². The van der Waals surface area contributed by atoms with Crippen LogP contribution < -0.4 is 10.6 Å². The largest absolute Gasteiger partial charge is 0.353 e. The zero-order valence-electron chi connectivity index (χ0n) is 13.8. The van der Waals surface area contributed by atoms with Crippen molar-refractivity contribution >= 4 is 40.3 Å². The van der Waals surface area contributed by atoms with E-state index in [-0.39, 0.29) is 22.5 Å². The van der Waals surface area contributed by atoms with Gasteiger partial charge in [-0.15, -0.1) is 0 Å². The van der Waals surface area contributed by atoms with Gasteiger partial charge in [-0.2, -0.15) is 0 Å². The van der Waals surface area contributed by atoms with Crippen molar-refractivity contribution in [3.8, 4) is 0 Å². The summed E-state index contributed by atoms with van der Waals surface area (Å²) in [6, 6.07) is 10.9. The third-order valence-electron chi connectivity index (χ3n) is 3.64. The van der Waals surface area contributed by atoms with Crippen LogP contribution in [0.2, 0.25) is 5.15 Å². The monoisotopic (exact) mass is 370 g/mol. The smallest absolute Gasteiger partial charge is 0.334 e. The minimum Gasteiger partial charge on any atom is -0.334 e. The summed E-state index contributed by atoms with van der Waals surface area (Å²) in [4.78, 5) is 23.0. The van der Waals surface area contributed by atoms with Crippen LogP contribution in [0.1, 0.15) is 12.5 Å². The van der Waals surface area contributed by atoms with Crippen LogP contribution >= 0.6 is 11.6 Å². The van der Waals surface area contributed by atoms with Gasteiger partial charge in [-0.25, -0.2) is 15.0 Å². The lowest BCUT2D eigenvalue weighted by atomic mass is 10.1. The van der Waals surface area contributed by atoms with Gasteiger partial charge in [0.15, 0.2) is 5.15 Å². The van der Waals surface area contributed by atoms with Crippen LogP contribution in [-0.2, 0) is 6.42 Å². The third-order valence-corrected chi connectivity index (χ3v) is 3.94. The van der Waals surface area contributed by atoms with E-state index in [4.69, 9.17) is 11.6 Å². The molecule has 0 aliphatic carbocycles. The summed E-state index contributed by atoms with van der Waals surface area (Å²) >= 11 is 6.00. The Kier molecular flexibility index (Phi) is 5.23. The molecular weight excluding hydrogens is 356 g/mol. The topological polar surface area (TPSA) is 106 Å². The average Bonchev–Trinajstić information content (AvgIpc) is 2.64. The lowest BCUT2D eigenvalue weighted by Gasteiger charge is -2.11. The molecular formula is C17H15ClN6O2. The van der Waals surface area contributed by atoms with Crippen LogP contribution in [-0.4, -0.2) is 19.9 Å². The van der Waals surface area contributed by atoms with E-state index >= 15 is 0 Å². The Hall–Kier alpha value is -3.26. The molecule has 0 atom stereocenters. The predicted octanol–water partition coefficient (Wildman–Crippen LogP) is 4.48. The van der Waals surface area contributed by atoms with Crippen molar-refractivity contribution < 1.29 is 4.92 Å². The molecule has 3 rings (SSSR count). The molecule has 2 heterocycles. The molecule has 3 aromatic rings. The number of hydrogen-bond donors (Lipinski definition) is 2. The minimum absolute atomic E-state index is 0.0209. The SMILES string of the molecule is CCc1ccc(Nc2ncnc(Nc3cccnc3Cl)c2[N+](=O)[O-])cc1. The van der Waals surface area contributed by atoms with Gasteiger partial charge < -0.3 is 10.6 Å². The fourth-order valence-corrected chi connectivity index (χ4v) is 2.47. The molecule has 0 radical (unpaired) electrons. The molecule has 2 N–H and O–H groups in total. The molecule has 0 bridgehead atoms. The van der Waals surface area contributed by atoms with Crippen LogP contribution in [0.5, 0.6) is 0 Å². The summed E-state index contributed by atoms with van der Waals surface area (Å²) in [5.41, 5.74) is 1.98. The van der Waals surface area contributed by atoms with E-state index in [9.17, 15) is 10.1 Å². The van der Waals surface area contributed by atoms with E-state index in [0.717, 1.165) is 6.42 Å². The Balaban J connectivity index is 1.95. The molecule has 0 saturated heterocycles.